The Labute approximate surface area is 118 Å². The monoisotopic (exact) mass is 275 g/mol. The summed E-state index contributed by atoms with van der Waals surface area (Å²) in [6.45, 7) is 2.31. The number of benzene rings is 1. The van der Waals surface area contributed by atoms with Crippen molar-refractivity contribution in [3.05, 3.63) is 29.5 Å². The lowest BCUT2D eigenvalue weighted by Gasteiger charge is -2.30. The average Bonchev–Trinajstić information content (AvgIpc) is 2.41. The highest BCUT2D eigenvalue weighted by Gasteiger charge is 2.22. The molecule has 0 bridgehead atoms. The van der Waals surface area contributed by atoms with Crippen molar-refractivity contribution in [1.29, 1.82) is 0 Å². The summed E-state index contributed by atoms with van der Waals surface area (Å²) in [5.41, 5.74) is 0.897. The normalized spacial score (nSPS) is 23.5. The van der Waals surface area contributed by atoms with E-state index in [1.807, 2.05) is 24.3 Å². The number of para-hydroxylation sites is 1. The van der Waals surface area contributed by atoms with E-state index in [0.29, 0.717) is 17.2 Å². The van der Waals surface area contributed by atoms with Gasteiger partial charge in [0.05, 0.1) is 5.52 Å². The van der Waals surface area contributed by atoms with Gasteiger partial charge in [0.1, 0.15) is 5.82 Å². The molecule has 3 nitrogen and oxygen atoms in total. The van der Waals surface area contributed by atoms with Gasteiger partial charge >= 0.3 is 0 Å². The van der Waals surface area contributed by atoms with Crippen LogP contribution in [0.4, 0.5) is 5.82 Å². The number of hydrogen-bond donors (Lipinski definition) is 1. The minimum absolute atomic E-state index is 0.310. The van der Waals surface area contributed by atoms with Gasteiger partial charge in [0.25, 0.3) is 0 Å². The predicted molar refractivity (Wildman–Crippen MR) is 79.6 cm³/mol. The van der Waals surface area contributed by atoms with Crippen LogP contribution in [0.25, 0.3) is 10.9 Å². The second-order valence-electron chi connectivity index (χ2n) is 5.37. The third-order valence-electron chi connectivity index (χ3n) is 4.01. The van der Waals surface area contributed by atoms with E-state index in [9.17, 15) is 0 Å². The maximum atomic E-state index is 6.02. The average molecular weight is 276 g/mol. The van der Waals surface area contributed by atoms with Gasteiger partial charge in [-0.25, -0.2) is 9.97 Å². The summed E-state index contributed by atoms with van der Waals surface area (Å²) in [5.74, 6) is 1.55. The molecule has 19 heavy (non-hydrogen) atoms. The van der Waals surface area contributed by atoms with Crippen LogP contribution in [-0.2, 0) is 0 Å². The summed E-state index contributed by atoms with van der Waals surface area (Å²) < 4.78 is 0. The Morgan fingerprint density at radius 3 is 2.79 bits per heavy atom. The second kappa shape index (κ2) is 5.33. The highest BCUT2D eigenvalue weighted by Crippen LogP contribution is 2.29. The Bertz CT molecular complexity index is 585. The topological polar surface area (TPSA) is 37.8 Å². The third kappa shape index (κ3) is 2.66. The Balaban J connectivity index is 1.95. The molecule has 0 amide bonds. The van der Waals surface area contributed by atoms with Gasteiger partial charge in [-0.15, -0.1) is 0 Å². The SMILES string of the molecule is CC1CCCCC1Nc1nc(Cl)nc2ccccc12. The van der Waals surface area contributed by atoms with Crippen LogP contribution >= 0.6 is 11.6 Å². The zero-order valence-electron chi connectivity index (χ0n) is 11.1. The molecular weight excluding hydrogens is 258 g/mol. The minimum Gasteiger partial charge on any atom is -0.366 e. The molecular formula is C15H18ClN3. The van der Waals surface area contributed by atoms with Crippen molar-refractivity contribution < 1.29 is 0 Å². The number of nitrogens with one attached hydrogen (secondary N) is 1. The zero-order chi connectivity index (χ0) is 13.2. The van der Waals surface area contributed by atoms with Crippen molar-refractivity contribution >= 4 is 28.3 Å². The first-order valence-electron chi connectivity index (χ1n) is 6.93. The molecule has 1 aliphatic rings. The molecule has 3 rings (SSSR count). The molecule has 1 aromatic carbocycles. The Morgan fingerprint density at radius 2 is 1.95 bits per heavy atom. The van der Waals surface area contributed by atoms with Gasteiger partial charge in [-0.1, -0.05) is 31.9 Å². The summed E-state index contributed by atoms with van der Waals surface area (Å²) in [7, 11) is 0. The van der Waals surface area contributed by atoms with Crippen LogP contribution in [0.2, 0.25) is 5.28 Å². The van der Waals surface area contributed by atoms with E-state index in [1.165, 1.54) is 25.7 Å². The molecule has 1 N–H and O–H groups in total. The number of nitrogens with zero attached hydrogens (tertiary/aromatic N) is 2. The quantitative estimate of drug-likeness (QED) is 0.832. The number of rotatable bonds is 2. The molecule has 100 valence electrons. The first-order valence-corrected chi connectivity index (χ1v) is 7.30. The maximum Gasteiger partial charge on any atom is 0.224 e. The van der Waals surface area contributed by atoms with Crippen LogP contribution in [0.1, 0.15) is 32.6 Å². The molecule has 1 aromatic heterocycles. The van der Waals surface area contributed by atoms with E-state index in [1.54, 1.807) is 0 Å². The Morgan fingerprint density at radius 1 is 1.16 bits per heavy atom. The van der Waals surface area contributed by atoms with Crippen molar-refractivity contribution in [2.45, 2.75) is 38.6 Å². The van der Waals surface area contributed by atoms with Crippen LogP contribution in [-0.4, -0.2) is 16.0 Å². The van der Waals surface area contributed by atoms with Crippen molar-refractivity contribution in [3.63, 3.8) is 0 Å². The van der Waals surface area contributed by atoms with Gasteiger partial charge in [0, 0.05) is 11.4 Å². The van der Waals surface area contributed by atoms with Gasteiger partial charge in [-0.2, -0.15) is 0 Å². The van der Waals surface area contributed by atoms with Crippen LogP contribution in [0.3, 0.4) is 0 Å². The van der Waals surface area contributed by atoms with Gasteiger partial charge in [0.2, 0.25) is 5.28 Å². The predicted octanol–water partition coefficient (Wildman–Crippen LogP) is 4.27. The Kier molecular flexibility index (Phi) is 3.56. The molecule has 0 saturated heterocycles. The highest BCUT2D eigenvalue weighted by molar-refractivity contribution is 6.28. The van der Waals surface area contributed by atoms with Crippen molar-refractivity contribution in [2.24, 2.45) is 5.92 Å². The number of anilines is 1. The van der Waals surface area contributed by atoms with Gasteiger partial charge in [-0.3, -0.25) is 0 Å². The van der Waals surface area contributed by atoms with Crippen LogP contribution in [0, 0.1) is 5.92 Å². The number of fused-ring (bicyclic) bond motifs is 1. The van der Waals surface area contributed by atoms with E-state index < -0.39 is 0 Å². The first kappa shape index (κ1) is 12.7. The summed E-state index contributed by atoms with van der Waals surface area (Å²) in [6, 6.07) is 8.48. The third-order valence-corrected chi connectivity index (χ3v) is 4.18. The summed E-state index contributed by atoms with van der Waals surface area (Å²) in [6.07, 6.45) is 5.12. The van der Waals surface area contributed by atoms with Crippen molar-refractivity contribution in [2.75, 3.05) is 5.32 Å². The highest BCUT2D eigenvalue weighted by atomic mass is 35.5. The number of halogens is 1. The molecule has 1 heterocycles. The standard InChI is InChI=1S/C15H18ClN3/c1-10-6-2-4-8-12(10)17-14-11-7-3-5-9-13(11)18-15(16)19-14/h3,5,7,9-10,12H,2,4,6,8H2,1H3,(H,17,18,19). The molecule has 2 unspecified atom stereocenters. The van der Waals surface area contributed by atoms with Gasteiger partial charge in [0.15, 0.2) is 0 Å². The number of aromatic nitrogens is 2. The van der Waals surface area contributed by atoms with E-state index >= 15 is 0 Å². The summed E-state index contributed by atoms with van der Waals surface area (Å²) in [4.78, 5) is 8.64. The maximum absolute atomic E-state index is 6.02. The smallest absolute Gasteiger partial charge is 0.224 e. The van der Waals surface area contributed by atoms with Gasteiger partial charge in [-0.05, 0) is 42.5 Å². The fraction of sp³-hybridized carbons (Fsp3) is 0.467. The lowest BCUT2D eigenvalue weighted by Crippen LogP contribution is -2.30. The lowest BCUT2D eigenvalue weighted by atomic mass is 9.86. The van der Waals surface area contributed by atoms with E-state index in [2.05, 4.69) is 22.2 Å². The molecule has 4 heteroatoms. The molecule has 0 spiro atoms. The minimum atomic E-state index is 0.310. The molecule has 0 radical (unpaired) electrons. The first-order chi connectivity index (χ1) is 9.24. The Hall–Kier alpha value is -1.35. The molecule has 2 atom stereocenters. The summed E-state index contributed by atoms with van der Waals surface area (Å²) in [5, 5.41) is 4.93. The molecule has 0 aliphatic heterocycles. The van der Waals surface area contributed by atoms with E-state index in [-0.39, 0.29) is 0 Å². The molecule has 2 aromatic rings. The van der Waals surface area contributed by atoms with E-state index in [0.717, 1.165) is 16.7 Å². The van der Waals surface area contributed by atoms with Crippen LogP contribution < -0.4 is 5.32 Å². The van der Waals surface area contributed by atoms with Crippen LogP contribution in [0.15, 0.2) is 24.3 Å². The fourth-order valence-corrected chi connectivity index (χ4v) is 3.04. The zero-order valence-corrected chi connectivity index (χ0v) is 11.8. The lowest BCUT2D eigenvalue weighted by molar-refractivity contribution is 0.349. The number of hydrogen-bond acceptors (Lipinski definition) is 3. The molecule has 1 aliphatic carbocycles. The van der Waals surface area contributed by atoms with E-state index in [4.69, 9.17) is 11.6 Å². The van der Waals surface area contributed by atoms with Crippen LogP contribution in [0.5, 0.6) is 0 Å². The molecule has 1 fully saturated rings. The fourth-order valence-electron chi connectivity index (χ4n) is 2.86. The van der Waals surface area contributed by atoms with Gasteiger partial charge < -0.3 is 5.32 Å². The van der Waals surface area contributed by atoms with Crippen molar-refractivity contribution in [1.82, 2.24) is 9.97 Å². The largest absolute Gasteiger partial charge is 0.366 e. The van der Waals surface area contributed by atoms with Crippen molar-refractivity contribution in [3.8, 4) is 0 Å². The molecule has 1 saturated carbocycles. The summed E-state index contributed by atoms with van der Waals surface area (Å²) >= 11 is 6.02. The second-order valence-corrected chi connectivity index (χ2v) is 5.71.